The minimum atomic E-state index is 0.0894. The number of ketones is 1. The summed E-state index contributed by atoms with van der Waals surface area (Å²) >= 11 is 2.58. The van der Waals surface area contributed by atoms with Gasteiger partial charge in [0.25, 0.3) is 0 Å². The van der Waals surface area contributed by atoms with Gasteiger partial charge in [-0.05, 0) is 59.4 Å². The van der Waals surface area contributed by atoms with Crippen molar-refractivity contribution in [3.05, 3.63) is 33.3 Å². The molecule has 0 amide bonds. The number of carbonyl (C=O) groups excluding carboxylic acids is 1. The Hall–Kier alpha value is -1.73. The van der Waals surface area contributed by atoms with E-state index in [0.29, 0.717) is 5.92 Å². The molecule has 1 aliphatic rings. The molecule has 2 heterocycles. The van der Waals surface area contributed by atoms with Gasteiger partial charge in [-0.15, -0.1) is 10.2 Å². The van der Waals surface area contributed by atoms with Crippen molar-refractivity contribution in [2.24, 2.45) is 11.3 Å². The molecule has 0 unspecified atom stereocenters. The zero-order valence-corrected chi connectivity index (χ0v) is 14.9. The Morgan fingerprint density at radius 1 is 1.00 bits per heavy atom. The molecule has 0 atom stereocenters. The normalized spacial score (nSPS) is 22.9. The molecule has 0 aromatic carbocycles. The predicted molar refractivity (Wildman–Crippen MR) is 93.0 cm³/mol. The lowest BCUT2D eigenvalue weighted by atomic mass is 9.68. The highest BCUT2D eigenvalue weighted by atomic mass is 32.1. The van der Waals surface area contributed by atoms with Gasteiger partial charge in [-0.1, -0.05) is 29.7 Å². The van der Waals surface area contributed by atoms with E-state index in [1.807, 2.05) is 22.9 Å². The predicted octanol–water partition coefficient (Wildman–Crippen LogP) is 3.88. The molecule has 0 saturated heterocycles. The van der Waals surface area contributed by atoms with Crippen LogP contribution in [-0.2, 0) is 4.79 Å². The van der Waals surface area contributed by atoms with Gasteiger partial charge >= 0.3 is 0 Å². The van der Waals surface area contributed by atoms with Crippen molar-refractivity contribution >= 4 is 41.0 Å². The molecular weight excluding hydrogens is 328 g/mol. The van der Waals surface area contributed by atoms with Crippen LogP contribution in [0.15, 0.2) is 21.9 Å². The molecule has 0 spiro atoms. The van der Waals surface area contributed by atoms with Gasteiger partial charge < -0.3 is 0 Å². The molecule has 5 nitrogen and oxygen atoms in total. The van der Waals surface area contributed by atoms with Gasteiger partial charge in [0.2, 0.25) is 0 Å². The molecule has 1 saturated carbocycles. The third kappa shape index (κ3) is 3.79. The lowest BCUT2D eigenvalue weighted by Crippen LogP contribution is -2.29. The molecule has 0 N–H and O–H groups in total. The highest BCUT2D eigenvalue weighted by Crippen LogP contribution is 2.41. The lowest BCUT2D eigenvalue weighted by Gasteiger charge is -2.35. The first-order chi connectivity index (χ1) is 10.9. The van der Waals surface area contributed by atoms with E-state index >= 15 is 0 Å². The third-order valence-corrected chi connectivity index (χ3v) is 5.18. The van der Waals surface area contributed by atoms with Crippen LogP contribution in [0.2, 0.25) is 0 Å². The minimum Gasteiger partial charge on any atom is -0.289 e. The Labute approximate surface area is 143 Å². The van der Waals surface area contributed by atoms with Crippen molar-refractivity contribution in [1.82, 2.24) is 19.2 Å². The molecule has 1 fully saturated rings. The fourth-order valence-electron chi connectivity index (χ4n) is 2.68. The van der Waals surface area contributed by atoms with Gasteiger partial charge in [-0.2, -0.15) is 0 Å². The SMILES string of the molecule is CC(C)(C)C1CC(=Cc2csnn2)C(=O)C(=Cc2csnn2)C1. The number of nitrogens with zero attached hydrogens (tertiary/aromatic N) is 4. The van der Waals surface area contributed by atoms with Crippen LogP contribution >= 0.6 is 23.1 Å². The Morgan fingerprint density at radius 3 is 1.83 bits per heavy atom. The molecule has 1 aliphatic carbocycles. The van der Waals surface area contributed by atoms with E-state index < -0.39 is 0 Å². The van der Waals surface area contributed by atoms with Crippen LogP contribution in [0.5, 0.6) is 0 Å². The summed E-state index contributed by atoms with van der Waals surface area (Å²) in [6.45, 7) is 6.66. The highest BCUT2D eigenvalue weighted by molar-refractivity contribution is 7.03. The average molecular weight is 346 g/mol. The number of allylic oxidation sites excluding steroid dienone is 2. The third-order valence-electron chi connectivity index (χ3n) is 4.14. The first-order valence-electron chi connectivity index (χ1n) is 7.43. The quantitative estimate of drug-likeness (QED) is 0.772. The number of rotatable bonds is 2. The monoisotopic (exact) mass is 346 g/mol. The van der Waals surface area contributed by atoms with Gasteiger partial charge in [0.15, 0.2) is 5.78 Å². The molecule has 120 valence electrons. The summed E-state index contributed by atoms with van der Waals surface area (Å²) < 4.78 is 7.73. The molecular formula is C16H18N4OS2. The Bertz CT molecular complexity index is 683. The zero-order valence-electron chi connectivity index (χ0n) is 13.3. The summed E-state index contributed by atoms with van der Waals surface area (Å²) in [4.78, 5) is 12.8. The smallest absolute Gasteiger partial charge is 0.185 e. The van der Waals surface area contributed by atoms with E-state index in [0.717, 1.165) is 35.4 Å². The van der Waals surface area contributed by atoms with Crippen molar-refractivity contribution < 1.29 is 4.79 Å². The Balaban J connectivity index is 1.98. The molecule has 2 aromatic rings. The van der Waals surface area contributed by atoms with Crippen LogP contribution in [0.3, 0.4) is 0 Å². The van der Waals surface area contributed by atoms with E-state index in [-0.39, 0.29) is 11.2 Å². The first-order valence-corrected chi connectivity index (χ1v) is 9.11. The van der Waals surface area contributed by atoms with E-state index in [4.69, 9.17) is 0 Å². The summed E-state index contributed by atoms with van der Waals surface area (Å²) in [5, 5.41) is 11.8. The minimum absolute atomic E-state index is 0.0894. The molecule has 0 bridgehead atoms. The largest absolute Gasteiger partial charge is 0.289 e. The van der Waals surface area contributed by atoms with Gasteiger partial charge in [0.05, 0.1) is 11.4 Å². The second-order valence-electron chi connectivity index (χ2n) is 6.80. The maximum atomic E-state index is 12.8. The Kier molecular flexibility index (Phi) is 4.50. The molecule has 3 rings (SSSR count). The van der Waals surface area contributed by atoms with Gasteiger partial charge in [-0.25, -0.2) is 0 Å². The summed E-state index contributed by atoms with van der Waals surface area (Å²) in [7, 11) is 0. The number of Topliss-reactive ketones (excluding diaryl/α,β-unsaturated/α-hetero) is 1. The molecule has 2 aromatic heterocycles. The summed E-state index contributed by atoms with van der Waals surface area (Å²) in [6.07, 6.45) is 5.28. The lowest BCUT2D eigenvalue weighted by molar-refractivity contribution is -0.113. The second kappa shape index (κ2) is 6.41. The molecule has 23 heavy (non-hydrogen) atoms. The van der Waals surface area contributed by atoms with Crippen LogP contribution in [-0.4, -0.2) is 25.0 Å². The van der Waals surface area contributed by atoms with Crippen molar-refractivity contribution in [1.29, 1.82) is 0 Å². The number of hydrogen-bond acceptors (Lipinski definition) is 7. The summed E-state index contributed by atoms with van der Waals surface area (Å²) in [5.74, 6) is 0.488. The fourth-order valence-corrected chi connectivity index (χ4v) is 3.51. The van der Waals surface area contributed by atoms with Crippen LogP contribution in [0, 0.1) is 11.3 Å². The van der Waals surface area contributed by atoms with E-state index in [2.05, 4.69) is 39.9 Å². The van der Waals surface area contributed by atoms with Crippen molar-refractivity contribution in [2.45, 2.75) is 33.6 Å². The summed E-state index contributed by atoms with van der Waals surface area (Å²) in [6, 6.07) is 0. The van der Waals surface area contributed by atoms with Crippen LogP contribution in [0.25, 0.3) is 12.2 Å². The van der Waals surface area contributed by atoms with Crippen molar-refractivity contribution in [3.8, 4) is 0 Å². The standard InChI is InChI=1S/C16H18N4OS2/c1-16(2,3)12-4-10(6-13-8-22-19-17-13)15(21)11(5-12)7-14-9-23-20-18-14/h6-9,12H,4-5H2,1-3H3. The highest BCUT2D eigenvalue weighted by Gasteiger charge is 2.34. The molecule has 7 heteroatoms. The van der Waals surface area contributed by atoms with Crippen LogP contribution in [0.4, 0.5) is 0 Å². The molecule has 0 aliphatic heterocycles. The fraction of sp³-hybridized carbons (Fsp3) is 0.438. The van der Waals surface area contributed by atoms with E-state index in [1.165, 1.54) is 23.1 Å². The number of carbonyl (C=O) groups is 1. The van der Waals surface area contributed by atoms with E-state index in [1.54, 1.807) is 0 Å². The van der Waals surface area contributed by atoms with Gasteiger partial charge in [0.1, 0.15) is 0 Å². The maximum absolute atomic E-state index is 12.8. The zero-order chi connectivity index (χ0) is 16.4. The van der Waals surface area contributed by atoms with Gasteiger partial charge in [0, 0.05) is 21.9 Å². The average Bonchev–Trinajstić information content (AvgIpc) is 3.15. The topological polar surface area (TPSA) is 68.6 Å². The Morgan fingerprint density at radius 2 is 1.48 bits per heavy atom. The van der Waals surface area contributed by atoms with Crippen LogP contribution < -0.4 is 0 Å². The maximum Gasteiger partial charge on any atom is 0.185 e. The van der Waals surface area contributed by atoms with Crippen molar-refractivity contribution in [2.75, 3.05) is 0 Å². The van der Waals surface area contributed by atoms with Crippen LogP contribution in [0.1, 0.15) is 45.0 Å². The van der Waals surface area contributed by atoms with E-state index in [9.17, 15) is 4.79 Å². The van der Waals surface area contributed by atoms with Crippen molar-refractivity contribution in [3.63, 3.8) is 0 Å². The molecule has 0 radical (unpaired) electrons. The second-order valence-corrected chi connectivity index (χ2v) is 8.02. The first kappa shape index (κ1) is 16.1. The van der Waals surface area contributed by atoms with Gasteiger partial charge in [-0.3, -0.25) is 4.79 Å². The summed E-state index contributed by atoms with van der Waals surface area (Å²) in [5.41, 5.74) is 3.24. The number of aromatic nitrogens is 4. The number of hydrogen-bond donors (Lipinski definition) is 0.